The Morgan fingerprint density at radius 2 is 1.89 bits per heavy atom. The van der Waals surface area contributed by atoms with Crippen LogP contribution in [0.4, 0.5) is 0 Å². The molecule has 1 aromatic carbocycles. The van der Waals surface area contributed by atoms with Gasteiger partial charge in [0.1, 0.15) is 17.4 Å². The SMILES string of the molecule is CC.CC.CN1CCN2Cc3cncn3CC3=CCC(C#N)C(=C3)Oc3ccccc3CC2C1=O. The van der Waals surface area contributed by atoms with Gasteiger partial charge in [0, 0.05) is 45.8 Å². The fourth-order valence-electron chi connectivity index (χ4n) is 4.55. The Hall–Kier alpha value is -3.37. The molecule has 2 aromatic rings. The summed E-state index contributed by atoms with van der Waals surface area (Å²) in [5.74, 6) is 1.19. The van der Waals surface area contributed by atoms with Gasteiger partial charge in [0.25, 0.3) is 0 Å². The van der Waals surface area contributed by atoms with Crippen molar-refractivity contribution in [3.8, 4) is 11.8 Å². The lowest BCUT2D eigenvalue weighted by Crippen LogP contribution is -2.56. The van der Waals surface area contributed by atoms with E-state index in [-0.39, 0.29) is 17.9 Å². The summed E-state index contributed by atoms with van der Waals surface area (Å²) in [5.41, 5.74) is 3.15. The molecule has 0 saturated carbocycles. The zero-order valence-electron chi connectivity index (χ0n) is 21.6. The Balaban J connectivity index is 0.000000815. The minimum absolute atomic E-state index is 0.123. The summed E-state index contributed by atoms with van der Waals surface area (Å²) in [7, 11) is 1.87. The molecule has 3 heterocycles. The summed E-state index contributed by atoms with van der Waals surface area (Å²) in [6.45, 7) is 10.8. The third-order valence-corrected chi connectivity index (χ3v) is 6.40. The average molecular weight is 476 g/mol. The van der Waals surface area contributed by atoms with Crippen LogP contribution in [0.2, 0.25) is 0 Å². The minimum Gasteiger partial charge on any atom is -0.460 e. The topological polar surface area (TPSA) is 74.4 Å². The van der Waals surface area contributed by atoms with Crippen molar-refractivity contribution in [2.75, 3.05) is 20.1 Å². The molecule has 186 valence electrons. The number of hydrogen-bond acceptors (Lipinski definition) is 5. The molecule has 2 atom stereocenters. The number of piperazine rings is 1. The summed E-state index contributed by atoms with van der Waals surface area (Å²) >= 11 is 0. The van der Waals surface area contributed by atoms with Crippen molar-refractivity contribution >= 4 is 5.91 Å². The van der Waals surface area contributed by atoms with Gasteiger partial charge < -0.3 is 14.2 Å². The molecule has 2 unspecified atom stereocenters. The standard InChI is InChI=1S/C24H25N5O2.2C2H6/c1-27-8-9-28-15-20-13-26-16-29(20)14-17-6-7-19(12-25)23(10-17)31-22-5-3-2-4-18(22)11-21(28)24(27)30;2*1-2/h2-6,10,13,16,19,21H,7-9,11,14-15H2,1H3;2*1-2H3. The minimum atomic E-state index is -0.317. The van der Waals surface area contributed by atoms with Crippen LogP contribution in [0.1, 0.15) is 45.4 Å². The summed E-state index contributed by atoms with van der Waals surface area (Å²) in [4.78, 5) is 21.6. The Morgan fingerprint density at radius 3 is 2.66 bits per heavy atom. The third kappa shape index (κ3) is 5.83. The first-order valence-electron chi connectivity index (χ1n) is 12.7. The maximum atomic E-state index is 13.1. The van der Waals surface area contributed by atoms with Crippen molar-refractivity contribution in [3.05, 3.63) is 71.5 Å². The number of carbonyl (C=O) groups excluding carboxylic acids is 1. The van der Waals surface area contributed by atoms with Crippen LogP contribution in [0.3, 0.4) is 0 Å². The first-order chi connectivity index (χ1) is 17.1. The molecule has 1 amide bonds. The van der Waals surface area contributed by atoms with Crippen LogP contribution in [0, 0.1) is 17.2 Å². The molecule has 35 heavy (non-hydrogen) atoms. The number of fused-ring (bicyclic) bond motifs is 4. The number of para-hydroxylation sites is 1. The fraction of sp³-hybridized carbons (Fsp3) is 0.464. The molecule has 1 aliphatic carbocycles. The lowest BCUT2D eigenvalue weighted by molar-refractivity contribution is -0.140. The molecule has 7 heteroatoms. The fourth-order valence-corrected chi connectivity index (χ4v) is 4.55. The molecule has 1 aromatic heterocycles. The number of hydrogen-bond donors (Lipinski definition) is 0. The van der Waals surface area contributed by atoms with E-state index in [0.717, 1.165) is 29.1 Å². The summed E-state index contributed by atoms with van der Waals surface area (Å²) in [5, 5.41) is 9.66. The first kappa shape index (κ1) is 26.2. The highest BCUT2D eigenvalue weighted by atomic mass is 16.5. The zero-order chi connectivity index (χ0) is 25.4. The number of ether oxygens (including phenoxy) is 1. The maximum Gasteiger partial charge on any atom is 0.240 e. The Bertz CT molecular complexity index is 1110. The van der Waals surface area contributed by atoms with E-state index in [0.29, 0.717) is 38.2 Å². The molecule has 3 aliphatic rings. The van der Waals surface area contributed by atoms with Gasteiger partial charge in [0.05, 0.1) is 24.1 Å². The van der Waals surface area contributed by atoms with Crippen molar-refractivity contribution in [1.82, 2.24) is 19.4 Å². The van der Waals surface area contributed by atoms with E-state index in [4.69, 9.17) is 4.74 Å². The van der Waals surface area contributed by atoms with Crippen molar-refractivity contribution in [2.45, 2.75) is 59.7 Å². The molecule has 7 nitrogen and oxygen atoms in total. The van der Waals surface area contributed by atoms with Crippen LogP contribution in [0.5, 0.6) is 5.75 Å². The number of likely N-dealkylation sites (N-methyl/N-ethyl adjacent to an activating group) is 1. The second-order valence-corrected chi connectivity index (χ2v) is 8.42. The number of carbonyl (C=O) groups is 1. The van der Waals surface area contributed by atoms with Crippen LogP contribution in [-0.2, 0) is 24.3 Å². The summed E-state index contributed by atoms with van der Waals surface area (Å²) < 4.78 is 8.45. The van der Waals surface area contributed by atoms with Crippen molar-refractivity contribution < 1.29 is 9.53 Å². The maximum absolute atomic E-state index is 13.1. The van der Waals surface area contributed by atoms with Crippen molar-refractivity contribution in [2.24, 2.45) is 5.92 Å². The van der Waals surface area contributed by atoms with Gasteiger partial charge >= 0.3 is 0 Å². The molecular weight excluding hydrogens is 438 g/mol. The molecule has 0 radical (unpaired) electrons. The first-order valence-corrected chi connectivity index (χ1v) is 12.7. The highest BCUT2D eigenvalue weighted by molar-refractivity contribution is 5.83. The number of allylic oxidation sites excluding steroid dienone is 4. The van der Waals surface area contributed by atoms with Gasteiger partial charge in [0.2, 0.25) is 5.91 Å². The van der Waals surface area contributed by atoms with Gasteiger partial charge in [-0.15, -0.1) is 0 Å². The molecule has 0 N–H and O–H groups in total. The molecule has 0 spiro atoms. The van der Waals surface area contributed by atoms with Gasteiger partial charge in [0.15, 0.2) is 0 Å². The monoisotopic (exact) mass is 475 g/mol. The number of imidazole rings is 1. The van der Waals surface area contributed by atoms with Gasteiger partial charge in [-0.1, -0.05) is 52.0 Å². The molecule has 1 fully saturated rings. The molecule has 2 bridgehead atoms. The Kier molecular flexibility index (Phi) is 9.27. The van der Waals surface area contributed by atoms with Crippen LogP contribution in [0.25, 0.3) is 0 Å². The highest BCUT2D eigenvalue weighted by Gasteiger charge is 2.34. The van der Waals surface area contributed by atoms with Crippen molar-refractivity contribution in [1.29, 1.82) is 5.26 Å². The van der Waals surface area contributed by atoms with Gasteiger partial charge in [-0.3, -0.25) is 9.69 Å². The average Bonchev–Trinajstić information content (AvgIpc) is 3.33. The van der Waals surface area contributed by atoms with Gasteiger partial charge in [-0.25, -0.2) is 4.98 Å². The van der Waals surface area contributed by atoms with E-state index in [1.807, 2.05) is 82.5 Å². The second-order valence-electron chi connectivity index (χ2n) is 8.42. The van der Waals surface area contributed by atoms with Crippen molar-refractivity contribution in [3.63, 3.8) is 0 Å². The number of nitrogens with zero attached hydrogens (tertiary/aromatic N) is 5. The zero-order valence-corrected chi connectivity index (χ0v) is 21.6. The smallest absolute Gasteiger partial charge is 0.240 e. The van der Waals surface area contributed by atoms with Crippen LogP contribution in [-0.4, -0.2) is 51.4 Å². The highest BCUT2D eigenvalue weighted by Crippen LogP contribution is 2.31. The number of benzene rings is 1. The lowest BCUT2D eigenvalue weighted by Gasteiger charge is -2.39. The second kappa shape index (κ2) is 12.4. The number of rotatable bonds is 0. The predicted molar refractivity (Wildman–Crippen MR) is 137 cm³/mol. The van der Waals surface area contributed by atoms with E-state index in [9.17, 15) is 10.1 Å². The molecular formula is C28H37N5O2. The molecule has 2 aliphatic heterocycles. The normalized spacial score (nSPS) is 21.6. The van der Waals surface area contributed by atoms with E-state index < -0.39 is 0 Å². The molecule has 5 rings (SSSR count). The van der Waals surface area contributed by atoms with Crippen LogP contribution in [0.15, 0.2) is 60.3 Å². The van der Waals surface area contributed by atoms with E-state index in [1.165, 1.54) is 0 Å². The van der Waals surface area contributed by atoms with Gasteiger partial charge in [-0.05, 0) is 29.7 Å². The Morgan fingerprint density at radius 1 is 1.11 bits per heavy atom. The quantitative estimate of drug-likeness (QED) is 0.558. The largest absolute Gasteiger partial charge is 0.460 e. The Labute approximate surface area is 209 Å². The predicted octanol–water partition coefficient (Wildman–Crippen LogP) is 4.57. The summed E-state index contributed by atoms with van der Waals surface area (Å²) in [6, 6.07) is 9.94. The summed E-state index contributed by atoms with van der Waals surface area (Å²) in [6.07, 6.45) is 9.00. The third-order valence-electron chi connectivity index (χ3n) is 6.40. The van der Waals surface area contributed by atoms with Crippen LogP contribution >= 0.6 is 0 Å². The van der Waals surface area contributed by atoms with E-state index in [2.05, 4.69) is 26.6 Å². The lowest BCUT2D eigenvalue weighted by atomic mass is 9.95. The number of amides is 1. The van der Waals surface area contributed by atoms with E-state index in [1.54, 1.807) is 0 Å². The van der Waals surface area contributed by atoms with Crippen LogP contribution < -0.4 is 4.74 Å². The van der Waals surface area contributed by atoms with Gasteiger partial charge in [-0.2, -0.15) is 5.26 Å². The van der Waals surface area contributed by atoms with E-state index >= 15 is 0 Å². The number of nitriles is 1. The number of aromatic nitrogens is 2. The molecule has 1 saturated heterocycles.